The number of benzene rings is 1. The number of carbonyl (C=O) groups is 1. The predicted molar refractivity (Wildman–Crippen MR) is 70.9 cm³/mol. The van der Waals surface area contributed by atoms with Gasteiger partial charge in [-0.3, -0.25) is 4.79 Å². The van der Waals surface area contributed by atoms with Crippen molar-refractivity contribution in [3.8, 4) is 0 Å². The molecule has 0 unspecified atom stereocenters. The van der Waals surface area contributed by atoms with Crippen molar-refractivity contribution in [2.24, 2.45) is 0 Å². The van der Waals surface area contributed by atoms with Crippen LogP contribution in [0.5, 0.6) is 0 Å². The molecule has 0 spiro atoms. The van der Waals surface area contributed by atoms with Crippen LogP contribution in [0.25, 0.3) is 0 Å². The Labute approximate surface area is 104 Å². The van der Waals surface area contributed by atoms with E-state index in [1.807, 2.05) is 31.2 Å². The highest BCUT2D eigenvalue weighted by Crippen LogP contribution is 2.11. The Morgan fingerprint density at radius 2 is 2.27 bits per heavy atom. The first-order valence-corrected chi connectivity index (χ1v) is 6.06. The number of carbonyl (C=O) groups excluding carboxylic acids is 1. The summed E-state index contributed by atoms with van der Waals surface area (Å²) in [6.07, 6.45) is 0.967. The van der Waals surface area contributed by atoms with E-state index in [0.717, 1.165) is 22.2 Å². The largest absolute Gasteiger partial charge is 0.376 e. The lowest BCUT2D eigenvalue weighted by Crippen LogP contribution is -2.30. The van der Waals surface area contributed by atoms with Gasteiger partial charge in [-0.25, -0.2) is 0 Å². The average molecular weight is 318 g/mol. The van der Waals surface area contributed by atoms with Gasteiger partial charge < -0.3 is 10.6 Å². The van der Waals surface area contributed by atoms with Crippen molar-refractivity contribution < 1.29 is 4.79 Å². The SMILES string of the molecule is CCCNC(=O)CNc1cccc(I)c1. The zero-order valence-electron chi connectivity index (χ0n) is 8.72. The van der Waals surface area contributed by atoms with Gasteiger partial charge in [0.2, 0.25) is 5.91 Å². The highest BCUT2D eigenvalue weighted by molar-refractivity contribution is 14.1. The van der Waals surface area contributed by atoms with Crippen LogP contribution in [0.1, 0.15) is 13.3 Å². The van der Waals surface area contributed by atoms with Gasteiger partial charge in [-0.2, -0.15) is 0 Å². The van der Waals surface area contributed by atoms with Crippen LogP contribution in [0.4, 0.5) is 5.69 Å². The van der Waals surface area contributed by atoms with Gasteiger partial charge in [0, 0.05) is 15.8 Å². The molecule has 0 heterocycles. The molecule has 0 aliphatic rings. The first-order valence-electron chi connectivity index (χ1n) is 4.98. The van der Waals surface area contributed by atoms with Gasteiger partial charge in [-0.1, -0.05) is 13.0 Å². The van der Waals surface area contributed by atoms with E-state index in [-0.39, 0.29) is 5.91 Å². The fourth-order valence-corrected chi connectivity index (χ4v) is 1.65. The summed E-state index contributed by atoms with van der Waals surface area (Å²) in [5, 5.41) is 5.89. The maximum absolute atomic E-state index is 11.3. The fourth-order valence-electron chi connectivity index (χ4n) is 1.11. The lowest BCUT2D eigenvalue weighted by molar-refractivity contribution is -0.119. The van der Waals surface area contributed by atoms with Gasteiger partial charge in [0.25, 0.3) is 0 Å². The van der Waals surface area contributed by atoms with E-state index in [1.54, 1.807) is 0 Å². The Morgan fingerprint density at radius 3 is 2.93 bits per heavy atom. The zero-order chi connectivity index (χ0) is 11.1. The van der Waals surface area contributed by atoms with E-state index in [1.165, 1.54) is 0 Å². The molecule has 1 aromatic carbocycles. The van der Waals surface area contributed by atoms with Crippen molar-refractivity contribution in [2.45, 2.75) is 13.3 Å². The highest BCUT2D eigenvalue weighted by atomic mass is 127. The highest BCUT2D eigenvalue weighted by Gasteiger charge is 1.99. The number of halogens is 1. The van der Waals surface area contributed by atoms with Crippen molar-refractivity contribution in [3.05, 3.63) is 27.8 Å². The Kier molecular flexibility index (Phi) is 5.45. The molecule has 3 nitrogen and oxygen atoms in total. The summed E-state index contributed by atoms with van der Waals surface area (Å²) in [6, 6.07) is 7.94. The summed E-state index contributed by atoms with van der Waals surface area (Å²) in [7, 11) is 0. The Balaban J connectivity index is 2.33. The summed E-state index contributed by atoms with van der Waals surface area (Å²) in [6.45, 7) is 3.11. The first kappa shape index (κ1) is 12.3. The molecule has 0 radical (unpaired) electrons. The maximum atomic E-state index is 11.3. The molecule has 1 rings (SSSR count). The molecule has 1 amide bonds. The van der Waals surface area contributed by atoms with Crippen molar-refractivity contribution in [3.63, 3.8) is 0 Å². The zero-order valence-corrected chi connectivity index (χ0v) is 10.9. The molecule has 0 aliphatic carbocycles. The maximum Gasteiger partial charge on any atom is 0.239 e. The van der Waals surface area contributed by atoms with Crippen LogP contribution in [0.2, 0.25) is 0 Å². The minimum Gasteiger partial charge on any atom is -0.376 e. The quantitative estimate of drug-likeness (QED) is 0.818. The van der Waals surface area contributed by atoms with Crippen molar-refractivity contribution >= 4 is 34.2 Å². The van der Waals surface area contributed by atoms with Crippen molar-refractivity contribution in [1.82, 2.24) is 5.32 Å². The lowest BCUT2D eigenvalue weighted by atomic mass is 10.3. The van der Waals surface area contributed by atoms with Crippen LogP contribution in [0.3, 0.4) is 0 Å². The third-order valence-corrected chi connectivity index (χ3v) is 2.52. The fraction of sp³-hybridized carbons (Fsp3) is 0.364. The molecule has 0 saturated carbocycles. The van der Waals surface area contributed by atoms with E-state index in [9.17, 15) is 4.79 Å². The molecule has 0 aliphatic heterocycles. The van der Waals surface area contributed by atoms with Crippen LogP contribution in [-0.2, 0) is 4.79 Å². The number of rotatable bonds is 5. The van der Waals surface area contributed by atoms with E-state index < -0.39 is 0 Å². The second-order valence-corrected chi connectivity index (χ2v) is 4.46. The summed E-state index contributed by atoms with van der Waals surface area (Å²) in [5.41, 5.74) is 0.980. The van der Waals surface area contributed by atoms with Crippen LogP contribution in [0.15, 0.2) is 24.3 Å². The van der Waals surface area contributed by atoms with Crippen LogP contribution < -0.4 is 10.6 Å². The number of amides is 1. The molecule has 0 fully saturated rings. The monoisotopic (exact) mass is 318 g/mol. The third-order valence-electron chi connectivity index (χ3n) is 1.85. The van der Waals surface area contributed by atoms with E-state index in [0.29, 0.717) is 6.54 Å². The Morgan fingerprint density at radius 1 is 1.47 bits per heavy atom. The van der Waals surface area contributed by atoms with E-state index >= 15 is 0 Å². The predicted octanol–water partition coefficient (Wildman–Crippen LogP) is 2.23. The second kappa shape index (κ2) is 6.66. The van der Waals surface area contributed by atoms with Gasteiger partial charge in [-0.15, -0.1) is 0 Å². The van der Waals surface area contributed by atoms with Gasteiger partial charge in [0.15, 0.2) is 0 Å². The molecule has 0 bridgehead atoms. The summed E-state index contributed by atoms with van der Waals surface area (Å²) in [5.74, 6) is 0.0377. The minimum absolute atomic E-state index is 0.0377. The molecule has 2 N–H and O–H groups in total. The van der Waals surface area contributed by atoms with Crippen LogP contribution >= 0.6 is 22.6 Å². The molecule has 1 aromatic rings. The minimum atomic E-state index is 0.0377. The average Bonchev–Trinajstić information content (AvgIpc) is 2.23. The van der Waals surface area contributed by atoms with Crippen molar-refractivity contribution in [1.29, 1.82) is 0 Å². The Bertz CT molecular complexity index is 328. The van der Waals surface area contributed by atoms with Gasteiger partial charge >= 0.3 is 0 Å². The molecule has 82 valence electrons. The summed E-state index contributed by atoms with van der Waals surface area (Å²) in [4.78, 5) is 11.3. The van der Waals surface area contributed by atoms with Crippen molar-refractivity contribution in [2.75, 3.05) is 18.4 Å². The second-order valence-electron chi connectivity index (χ2n) is 3.21. The molecular formula is C11H15IN2O. The molecular weight excluding hydrogens is 303 g/mol. The van der Waals surface area contributed by atoms with Gasteiger partial charge in [-0.05, 0) is 47.2 Å². The van der Waals surface area contributed by atoms with E-state index in [4.69, 9.17) is 0 Å². The molecule has 15 heavy (non-hydrogen) atoms. The molecule has 0 atom stereocenters. The number of nitrogens with one attached hydrogen (secondary N) is 2. The number of hydrogen-bond acceptors (Lipinski definition) is 2. The Hall–Kier alpha value is -0.780. The van der Waals surface area contributed by atoms with Crippen LogP contribution in [-0.4, -0.2) is 19.0 Å². The van der Waals surface area contributed by atoms with E-state index in [2.05, 4.69) is 33.2 Å². The molecule has 4 heteroatoms. The summed E-state index contributed by atoms with van der Waals surface area (Å²) >= 11 is 2.24. The molecule has 0 saturated heterocycles. The number of hydrogen-bond donors (Lipinski definition) is 2. The third kappa shape index (κ3) is 5.01. The smallest absolute Gasteiger partial charge is 0.239 e. The molecule has 0 aromatic heterocycles. The lowest BCUT2D eigenvalue weighted by Gasteiger charge is -2.07. The van der Waals surface area contributed by atoms with Gasteiger partial charge in [0.1, 0.15) is 0 Å². The number of anilines is 1. The normalized spacial score (nSPS) is 9.73. The first-order chi connectivity index (χ1) is 7.22. The topological polar surface area (TPSA) is 41.1 Å². The van der Waals surface area contributed by atoms with Gasteiger partial charge in [0.05, 0.1) is 6.54 Å². The standard InChI is InChI=1S/C11H15IN2O/c1-2-6-13-11(15)8-14-10-5-3-4-9(12)7-10/h3-5,7,14H,2,6,8H2,1H3,(H,13,15). The van der Waals surface area contributed by atoms with Crippen LogP contribution in [0, 0.1) is 3.57 Å². The summed E-state index contributed by atoms with van der Waals surface area (Å²) < 4.78 is 1.16.